The van der Waals surface area contributed by atoms with Crippen LogP contribution < -0.4 is 16.0 Å². The lowest BCUT2D eigenvalue weighted by Crippen LogP contribution is -2.24. The zero-order chi connectivity index (χ0) is 15.0. The predicted molar refractivity (Wildman–Crippen MR) is 75.1 cm³/mol. The second kappa shape index (κ2) is 5.04. The summed E-state index contributed by atoms with van der Waals surface area (Å²) in [6.45, 7) is 0.430. The number of carbonyl (C=O) groups is 2. The van der Waals surface area contributed by atoms with Crippen LogP contribution in [0.4, 0.5) is 17.1 Å². The van der Waals surface area contributed by atoms with Crippen molar-refractivity contribution in [2.75, 3.05) is 17.2 Å². The van der Waals surface area contributed by atoms with Gasteiger partial charge < -0.3 is 16.0 Å². The Labute approximate surface area is 120 Å². The molecule has 0 radical (unpaired) electrons. The SMILES string of the molecule is O=C1CC(Nc2cc3c(cc2[N+](=O)[O-])CCC(=O)N3)CN1. The molecule has 0 spiro atoms. The van der Waals surface area contributed by atoms with E-state index in [0.717, 1.165) is 5.56 Å². The van der Waals surface area contributed by atoms with Gasteiger partial charge in [-0.2, -0.15) is 0 Å². The number of anilines is 2. The van der Waals surface area contributed by atoms with Crippen LogP contribution in [-0.2, 0) is 16.0 Å². The van der Waals surface area contributed by atoms with Crippen LogP contribution >= 0.6 is 0 Å². The Morgan fingerprint density at radius 1 is 1.24 bits per heavy atom. The van der Waals surface area contributed by atoms with Crippen molar-refractivity contribution in [1.29, 1.82) is 0 Å². The van der Waals surface area contributed by atoms with Crippen molar-refractivity contribution < 1.29 is 14.5 Å². The van der Waals surface area contributed by atoms with E-state index in [1.165, 1.54) is 6.07 Å². The Hall–Kier alpha value is -2.64. The Bertz CT molecular complexity index is 643. The fourth-order valence-electron chi connectivity index (χ4n) is 2.61. The minimum Gasteiger partial charge on any atom is -0.374 e. The summed E-state index contributed by atoms with van der Waals surface area (Å²) in [6.07, 6.45) is 1.10. The first-order valence-corrected chi connectivity index (χ1v) is 6.67. The highest BCUT2D eigenvalue weighted by Gasteiger charge is 2.26. The highest BCUT2D eigenvalue weighted by atomic mass is 16.6. The molecule has 3 N–H and O–H groups in total. The van der Waals surface area contributed by atoms with Gasteiger partial charge in [0, 0.05) is 31.1 Å². The number of rotatable bonds is 3. The molecule has 1 unspecified atom stereocenters. The monoisotopic (exact) mass is 290 g/mol. The van der Waals surface area contributed by atoms with E-state index < -0.39 is 4.92 Å². The quantitative estimate of drug-likeness (QED) is 0.562. The predicted octanol–water partition coefficient (Wildman–Crippen LogP) is 0.780. The van der Waals surface area contributed by atoms with E-state index in [4.69, 9.17) is 0 Å². The number of amides is 2. The molecule has 0 saturated carbocycles. The van der Waals surface area contributed by atoms with Gasteiger partial charge in [-0.05, 0) is 18.1 Å². The van der Waals surface area contributed by atoms with Gasteiger partial charge in [-0.3, -0.25) is 19.7 Å². The molecular weight excluding hydrogens is 276 g/mol. The second-order valence-corrected chi connectivity index (χ2v) is 5.18. The third-order valence-electron chi connectivity index (χ3n) is 3.65. The van der Waals surface area contributed by atoms with Crippen molar-refractivity contribution in [2.45, 2.75) is 25.3 Å². The summed E-state index contributed by atoms with van der Waals surface area (Å²) in [7, 11) is 0. The van der Waals surface area contributed by atoms with Crippen LogP contribution in [0.25, 0.3) is 0 Å². The van der Waals surface area contributed by atoms with E-state index in [1.54, 1.807) is 6.07 Å². The normalized spacial score (nSPS) is 20.5. The molecule has 1 aromatic carbocycles. The van der Waals surface area contributed by atoms with E-state index in [0.29, 0.717) is 30.8 Å². The third kappa shape index (κ3) is 2.64. The largest absolute Gasteiger partial charge is 0.374 e. The summed E-state index contributed by atoms with van der Waals surface area (Å²) in [4.78, 5) is 33.4. The van der Waals surface area contributed by atoms with Gasteiger partial charge in [0.05, 0.1) is 11.0 Å². The van der Waals surface area contributed by atoms with Crippen molar-refractivity contribution in [3.05, 3.63) is 27.8 Å². The van der Waals surface area contributed by atoms with Crippen LogP contribution in [0.1, 0.15) is 18.4 Å². The molecule has 3 rings (SSSR count). The standard InChI is InChI=1S/C13H14N4O4/c18-12-2-1-7-3-11(17(20)21)10(5-9(7)16-12)15-8-4-13(19)14-6-8/h3,5,8,15H,1-2,4,6H2,(H,14,19)(H,16,18). The molecule has 8 nitrogen and oxygen atoms in total. The highest BCUT2D eigenvalue weighted by Crippen LogP contribution is 2.34. The first kappa shape index (κ1) is 13.3. The first-order chi connectivity index (χ1) is 10.0. The molecule has 2 heterocycles. The molecule has 0 aromatic heterocycles. The molecule has 0 aliphatic carbocycles. The molecule has 2 aliphatic heterocycles. The number of carbonyl (C=O) groups excluding carboxylic acids is 2. The van der Waals surface area contributed by atoms with Gasteiger partial charge in [0.25, 0.3) is 5.69 Å². The number of fused-ring (bicyclic) bond motifs is 1. The minimum absolute atomic E-state index is 0.0377. The molecule has 1 fully saturated rings. The minimum atomic E-state index is -0.455. The molecule has 1 aromatic rings. The summed E-state index contributed by atoms with van der Waals surface area (Å²) in [5.41, 5.74) is 1.64. The fraction of sp³-hybridized carbons (Fsp3) is 0.385. The van der Waals surface area contributed by atoms with Gasteiger partial charge >= 0.3 is 0 Å². The molecule has 21 heavy (non-hydrogen) atoms. The number of nitrogens with one attached hydrogen (secondary N) is 3. The molecule has 0 bridgehead atoms. The van der Waals surface area contributed by atoms with Gasteiger partial charge in [0.2, 0.25) is 11.8 Å². The molecule has 2 amide bonds. The van der Waals surface area contributed by atoms with Crippen molar-refractivity contribution in [3.63, 3.8) is 0 Å². The van der Waals surface area contributed by atoms with Gasteiger partial charge in [-0.15, -0.1) is 0 Å². The Balaban J connectivity index is 1.93. The average Bonchev–Trinajstić information content (AvgIpc) is 2.83. The van der Waals surface area contributed by atoms with Crippen molar-refractivity contribution in [3.8, 4) is 0 Å². The number of nitro groups is 1. The van der Waals surface area contributed by atoms with Crippen LogP contribution in [0.15, 0.2) is 12.1 Å². The van der Waals surface area contributed by atoms with Crippen molar-refractivity contribution in [2.24, 2.45) is 0 Å². The fourth-order valence-corrected chi connectivity index (χ4v) is 2.61. The van der Waals surface area contributed by atoms with Gasteiger partial charge in [-0.1, -0.05) is 0 Å². The maximum absolute atomic E-state index is 11.4. The Morgan fingerprint density at radius 3 is 2.71 bits per heavy atom. The molecule has 1 saturated heterocycles. The summed E-state index contributed by atoms with van der Waals surface area (Å²) < 4.78 is 0. The third-order valence-corrected chi connectivity index (χ3v) is 3.65. The van der Waals surface area contributed by atoms with E-state index >= 15 is 0 Å². The number of benzene rings is 1. The zero-order valence-electron chi connectivity index (χ0n) is 11.1. The van der Waals surface area contributed by atoms with Crippen LogP contribution in [0.3, 0.4) is 0 Å². The number of aryl methyl sites for hydroxylation is 1. The summed E-state index contributed by atoms with van der Waals surface area (Å²) in [6, 6.07) is 2.88. The first-order valence-electron chi connectivity index (χ1n) is 6.67. The van der Waals surface area contributed by atoms with Crippen molar-refractivity contribution in [1.82, 2.24) is 5.32 Å². The molecule has 1 atom stereocenters. The zero-order valence-corrected chi connectivity index (χ0v) is 11.1. The summed E-state index contributed by atoms with van der Waals surface area (Å²) >= 11 is 0. The lowest BCUT2D eigenvalue weighted by Gasteiger charge is -2.19. The average molecular weight is 290 g/mol. The number of hydrogen-bond donors (Lipinski definition) is 3. The molecular formula is C13H14N4O4. The lowest BCUT2D eigenvalue weighted by molar-refractivity contribution is -0.384. The topological polar surface area (TPSA) is 113 Å². The number of nitrogens with zero attached hydrogens (tertiary/aromatic N) is 1. The van der Waals surface area contributed by atoms with Gasteiger partial charge in [-0.25, -0.2) is 0 Å². The Morgan fingerprint density at radius 2 is 2.05 bits per heavy atom. The molecule has 110 valence electrons. The second-order valence-electron chi connectivity index (χ2n) is 5.18. The smallest absolute Gasteiger partial charge is 0.292 e. The summed E-state index contributed by atoms with van der Waals surface area (Å²) in [5, 5.41) is 19.6. The Kier molecular flexibility index (Phi) is 3.20. The van der Waals surface area contributed by atoms with Crippen LogP contribution in [0.2, 0.25) is 0 Å². The van der Waals surface area contributed by atoms with Crippen molar-refractivity contribution >= 4 is 28.9 Å². The number of hydrogen-bond acceptors (Lipinski definition) is 5. The lowest BCUT2D eigenvalue weighted by atomic mass is 10.0. The highest BCUT2D eigenvalue weighted by molar-refractivity contribution is 5.95. The van der Waals surface area contributed by atoms with Gasteiger partial charge in [0.1, 0.15) is 5.69 Å². The van der Waals surface area contributed by atoms with E-state index in [9.17, 15) is 19.7 Å². The molecule has 2 aliphatic rings. The maximum Gasteiger partial charge on any atom is 0.292 e. The van der Waals surface area contributed by atoms with Gasteiger partial charge in [0.15, 0.2) is 0 Å². The van der Waals surface area contributed by atoms with E-state index in [1.807, 2.05) is 0 Å². The van der Waals surface area contributed by atoms with Crippen LogP contribution in [0.5, 0.6) is 0 Å². The number of nitro benzene ring substituents is 1. The molecule has 8 heteroatoms. The van der Waals surface area contributed by atoms with E-state index in [2.05, 4.69) is 16.0 Å². The van der Waals surface area contributed by atoms with E-state index in [-0.39, 0.29) is 30.0 Å². The maximum atomic E-state index is 11.4. The summed E-state index contributed by atoms with van der Waals surface area (Å²) in [5.74, 6) is -0.179. The van der Waals surface area contributed by atoms with Crippen LogP contribution in [0, 0.1) is 10.1 Å². The van der Waals surface area contributed by atoms with Crippen LogP contribution in [-0.4, -0.2) is 29.3 Å².